The van der Waals surface area contributed by atoms with Gasteiger partial charge in [0.05, 0.1) is 13.7 Å². The second-order valence-corrected chi connectivity index (χ2v) is 7.26. The number of alkyl carbamates (subject to hydrolysis) is 1. The Morgan fingerprint density at radius 2 is 1.73 bits per heavy atom. The molecule has 5 nitrogen and oxygen atoms in total. The van der Waals surface area contributed by atoms with E-state index in [-0.39, 0.29) is 24.6 Å². The average molecular weight is 452 g/mol. The van der Waals surface area contributed by atoms with Gasteiger partial charge in [-0.05, 0) is 28.3 Å². The lowest BCUT2D eigenvalue weighted by atomic mass is 9.98. The Bertz CT molecular complexity index is 1200. The van der Waals surface area contributed by atoms with Gasteiger partial charge in [0.2, 0.25) is 5.88 Å². The van der Waals surface area contributed by atoms with E-state index in [1.807, 2.05) is 48.5 Å². The Hall–Kier alpha value is -3.99. The highest BCUT2D eigenvalue weighted by atomic mass is 19.4. The van der Waals surface area contributed by atoms with Gasteiger partial charge in [0, 0.05) is 17.7 Å². The summed E-state index contributed by atoms with van der Waals surface area (Å²) in [5.41, 5.74) is 3.48. The number of fused-ring (bicyclic) bond motifs is 3. The molecule has 1 N–H and O–H groups in total. The van der Waals surface area contributed by atoms with E-state index < -0.39 is 23.7 Å². The Morgan fingerprint density at radius 3 is 2.33 bits per heavy atom. The maximum atomic E-state index is 13.1. The third-order valence-corrected chi connectivity index (χ3v) is 5.25. The number of halogens is 3. The summed E-state index contributed by atoms with van der Waals surface area (Å²) in [4.78, 5) is 15.8. The van der Waals surface area contributed by atoms with Crippen molar-refractivity contribution >= 4 is 6.09 Å². The van der Waals surface area contributed by atoms with Gasteiger partial charge in [-0.25, -0.2) is 9.78 Å². The number of methoxy groups -OCH3 is 1. The van der Waals surface area contributed by atoms with Gasteiger partial charge in [-0.15, -0.1) is 0 Å². The van der Waals surface area contributed by atoms with Crippen LogP contribution in [0.4, 0.5) is 18.0 Å². The maximum absolute atomic E-state index is 13.1. The molecule has 0 saturated heterocycles. The SMILES string of the molecule is COc1ncc(C#CCNC(=O)OCC2c3ccccc3-c3ccccc32)cc1C(F)(F)F. The first-order valence-corrected chi connectivity index (χ1v) is 10.1. The van der Waals surface area contributed by atoms with Gasteiger partial charge in [-0.2, -0.15) is 13.2 Å². The number of carbonyl (C=O) groups excluding carboxylic acids is 1. The highest BCUT2D eigenvalue weighted by molar-refractivity contribution is 5.79. The summed E-state index contributed by atoms with van der Waals surface area (Å²) in [5.74, 6) is 4.55. The van der Waals surface area contributed by atoms with Crippen LogP contribution in [-0.2, 0) is 10.9 Å². The monoisotopic (exact) mass is 452 g/mol. The van der Waals surface area contributed by atoms with Crippen molar-refractivity contribution in [3.8, 4) is 28.8 Å². The molecule has 2 aromatic carbocycles. The van der Waals surface area contributed by atoms with Crippen molar-refractivity contribution in [2.24, 2.45) is 0 Å². The first kappa shape index (κ1) is 22.2. The molecule has 1 amide bonds. The summed E-state index contributed by atoms with van der Waals surface area (Å²) >= 11 is 0. The van der Waals surface area contributed by atoms with Gasteiger partial charge in [0.25, 0.3) is 0 Å². The van der Waals surface area contributed by atoms with Crippen molar-refractivity contribution in [3.05, 3.63) is 83.0 Å². The average Bonchev–Trinajstić information content (AvgIpc) is 3.13. The molecule has 0 aliphatic heterocycles. The van der Waals surface area contributed by atoms with Crippen molar-refractivity contribution in [2.75, 3.05) is 20.3 Å². The molecule has 0 fully saturated rings. The second-order valence-electron chi connectivity index (χ2n) is 7.26. The highest BCUT2D eigenvalue weighted by Gasteiger charge is 2.35. The quantitative estimate of drug-likeness (QED) is 0.566. The largest absolute Gasteiger partial charge is 0.481 e. The highest BCUT2D eigenvalue weighted by Crippen LogP contribution is 2.44. The van der Waals surface area contributed by atoms with Crippen LogP contribution >= 0.6 is 0 Å². The van der Waals surface area contributed by atoms with E-state index in [1.165, 1.54) is 6.20 Å². The Morgan fingerprint density at radius 1 is 1.09 bits per heavy atom. The molecule has 1 aliphatic rings. The first-order valence-electron chi connectivity index (χ1n) is 10.1. The van der Waals surface area contributed by atoms with Crippen molar-refractivity contribution < 1.29 is 27.4 Å². The van der Waals surface area contributed by atoms with Crippen LogP contribution in [-0.4, -0.2) is 31.3 Å². The minimum absolute atomic E-state index is 0.0532. The predicted molar refractivity (Wildman–Crippen MR) is 116 cm³/mol. The van der Waals surface area contributed by atoms with Crippen LogP contribution in [0.3, 0.4) is 0 Å². The van der Waals surface area contributed by atoms with Gasteiger partial charge < -0.3 is 14.8 Å². The standard InChI is InChI=1S/C25H19F3N2O3/c1-32-23-22(25(26,27)28)13-16(14-30-23)7-6-12-29-24(31)33-15-21-19-10-4-2-8-17(19)18-9-3-5-11-20(18)21/h2-5,8-11,13-14,21H,12,15H2,1H3,(H,29,31). The summed E-state index contributed by atoms with van der Waals surface area (Å²) in [6.07, 6.45) is -4.10. The van der Waals surface area contributed by atoms with Crippen LogP contribution in [0.2, 0.25) is 0 Å². The zero-order valence-electron chi connectivity index (χ0n) is 17.6. The Labute approximate surface area is 188 Å². The number of benzene rings is 2. The molecule has 8 heteroatoms. The van der Waals surface area contributed by atoms with Gasteiger partial charge in [0.1, 0.15) is 12.2 Å². The zero-order chi connectivity index (χ0) is 23.4. The minimum atomic E-state index is -4.62. The van der Waals surface area contributed by atoms with E-state index in [1.54, 1.807) is 0 Å². The number of alkyl halides is 3. The third-order valence-electron chi connectivity index (χ3n) is 5.25. The molecule has 0 bridgehead atoms. The van der Waals surface area contributed by atoms with E-state index in [0.29, 0.717) is 0 Å². The second kappa shape index (κ2) is 9.25. The fraction of sp³-hybridized carbons (Fsp3) is 0.200. The van der Waals surface area contributed by atoms with Crippen molar-refractivity contribution in [3.63, 3.8) is 0 Å². The summed E-state index contributed by atoms with van der Waals surface area (Å²) in [6, 6.07) is 16.8. The van der Waals surface area contributed by atoms with Crippen molar-refractivity contribution in [1.29, 1.82) is 0 Å². The van der Waals surface area contributed by atoms with Gasteiger partial charge >= 0.3 is 12.3 Å². The molecule has 1 aromatic heterocycles. The lowest BCUT2D eigenvalue weighted by molar-refractivity contribution is -0.139. The minimum Gasteiger partial charge on any atom is -0.481 e. The van der Waals surface area contributed by atoms with Crippen LogP contribution in [0.1, 0.15) is 28.2 Å². The van der Waals surface area contributed by atoms with Crippen LogP contribution < -0.4 is 10.1 Å². The molecule has 3 aromatic rings. The molecule has 0 saturated carbocycles. The molecule has 1 heterocycles. The lowest BCUT2D eigenvalue weighted by Crippen LogP contribution is -2.26. The normalized spacial score (nSPS) is 12.2. The number of nitrogens with zero attached hydrogens (tertiary/aromatic N) is 1. The number of rotatable bonds is 4. The molecule has 33 heavy (non-hydrogen) atoms. The predicted octanol–water partition coefficient (Wildman–Crippen LogP) is 5.00. The fourth-order valence-corrected chi connectivity index (χ4v) is 3.80. The topological polar surface area (TPSA) is 60.5 Å². The molecule has 0 radical (unpaired) electrons. The summed E-state index contributed by atoms with van der Waals surface area (Å²) in [5, 5.41) is 2.49. The van der Waals surface area contributed by atoms with E-state index >= 15 is 0 Å². The van der Waals surface area contributed by atoms with E-state index in [0.717, 1.165) is 35.4 Å². The number of aromatic nitrogens is 1. The van der Waals surface area contributed by atoms with Crippen LogP contribution in [0.15, 0.2) is 60.8 Å². The molecule has 0 spiro atoms. The lowest BCUT2D eigenvalue weighted by Gasteiger charge is -2.14. The molecular formula is C25H19F3N2O3. The maximum Gasteiger partial charge on any atom is 0.421 e. The molecule has 0 unspecified atom stereocenters. The van der Waals surface area contributed by atoms with Gasteiger partial charge in [0.15, 0.2) is 0 Å². The van der Waals surface area contributed by atoms with Crippen LogP contribution in [0.5, 0.6) is 5.88 Å². The number of nitrogens with one attached hydrogen (secondary N) is 1. The number of hydrogen-bond donors (Lipinski definition) is 1. The number of hydrogen-bond acceptors (Lipinski definition) is 4. The van der Waals surface area contributed by atoms with E-state index in [2.05, 4.69) is 26.9 Å². The molecule has 4 rings (SSSR count). The van der Waals surface area contributed by atoms with Crippen LogP contribution in [0, 0.1) is 11.8 Å². The fourth-order valence-electron chi connectivity index (χ4n) is 3.80. The Kier molecular flexibility index (Phi) is 6.22. The van der Waals surface area contributed by atoms with Crippen molar-refractivity contribution in [1.82, 2.24) is 10.3 Å². The number of amides is 1. The molecule has 1 aliphatic carbocycles. The van der Waals surface area contributed by atoms with Crippen LogP contribution in [0.25, 0.3) is 11.1 Å². The molecule has 0 atom stereocenters. The Balaban J connectivity index is 1.35. The summed E-state index contributed by atoms with van der Waals surface area (Å²) in [7, 11) is 1.11. The summed E-state index contributed by atoms with van der Waals surface area (Å²) < 4.78 is 49.2. The number of carbonyl (C=O) groups is 1. The van der Waals surface area contributed by atoms with E-state index in [4.69, 9.17) is 4.74 Å². The number of pyridine rings is 1. The third kappa shape index (κ3) is 4.77. The molecule has 168 valence electrons. The summed E-state index contributed by atoms with van der Waals surface area (Å²) in [6.45, 7) is 0.0642. The first-order chi connectivity index (χ1) is 15.9. The molecular weight excluding hydrogens is 433 g/mol. The smallest absolute Gasteiger partial charge is 0.421 e. The zero-order valence-corrected chi connectivity index (χ0v) is 17.6. The number of ether oxygens (including phenoxy) is 2. The van der Waals surface area contributed by atoms with Gasteiger partial charge in [-0.1, -0.05) is 60.4 Å². The van der Waals surface area contributed by atoms with E-state index in [9.17, 15) is 18.0 Å². The van der Waals surface area contributed by atoms with Crippen molar-refractivity contribution in [2.45, 2.75) is 12.1 Å². The van der Waals surface area contributed by atoms with Gasteiger partial charge in [-0.3, -0.25) is 0 Å².